The molecule has 0 saturated heterocycles. The second-order valence-corrected chi connectivity index (χ2v) is 11.7. The van der Waals surface area contributed by atoms with Crippen molar-refractivity contribution in [3.8, 4) is 0 Å². The number of aromatic nitrogens is 1. The minimum atomic E-state index is -2.03. The first-order valence-electron chi connectivity index (χ1n) is 8.04. The maximum atomic E-state index is 13.0. The maximum absolute atomic E-state index is 13.0. The lowest BCUT2D eigenvalue weighted by molar-refractivity contribution is -0.160. The Bertz CT molecular complexity index is 599. The molecule has 2 rings (SSSR count). The predicted octanol–water partition coefficient (Wildman–Crippen LogP) is 3.64. The largest absolute Gasteiger partial charge is 0.486 e. The van der Waals surface area contributed by atoms with E-state index in [-0.39, 0.29) is 23.8 Å². The lowest BCUT2D eigenvalue weighted by Gasteiger charge is -2.46. The molecule has 0 N–H and O–H groups in total. The summed E-state index contributed by atoms with van der Waals surface area (Å²) in [7, 11) is -2.03. The summed E-state index contributed by atoms with van der Waals surface area (Å²) in [5.41, 5.74) is -1.23. The Hall–Kier alpha value is -1.53. The zero-order chi connectivity index (χ0) is 17.4. The molecule has 0 amide bonds. The number of Topliss-reactive ketones (excluding diaryl/α,β-unsaturated/α-hetero) is 1. The number of nitrogens with zero attached hydrogens (tertiary/aromatic N) is 1. The molecule has 1 aliphatic rings. The first-order chi connectivity index (χ1) is 10.6. The SMILES string of the molecule is CC(C)OC1=C(OC(C)C)C(O[Si](C)(C)C)(n2cccc2)C1=O. The van der Waals surface area contributed by atoms with Crippen LogP contribution in [0.15, 0.2) is 36.0 Å². The zero-order valence-electron chi connectivity index (χ0n) is 15.0. The molecule has 5 nitrogen and oxygen atoms in total. The summed E-state index contributed by atoms with van der Waals surface area (Å²) in [5, 5.41) is 0. The van der Waals surface area contributed by atoms with E-state index in [2.05, 4.69) is 19.6 Å². The van der Waals surface area contributed by atoms with Gasteiger partial charge in [-0.15, -0.1) is 0 Å². The highest BCUT2D eigenvalue weighted by atomic mass is 28.4. The highest BCUT2D eigenvalue weighted by Gasteiger charge is 2.62. The Morgan fingerprint density at radius 1 is 1.00 bits per heavy atom. The van der Waals surface area contributed by atoms with Crippen LogP contribution in [0.5, 0.6) is 0 Å². The third kappa shape index (κ3) is 3.38. The fraction of sp³-hybridized carbons (Fsp3) is 0.588. The molecule has 0 aromatic carbocycles. The molecule has 0 saturated carbocycles. The summed E-state index contributed by atoms with van der Waals surface area (Å²) < 4.78 is 19.8. The summed E-state index contributed by atoms with van der Waals surface area (Å²) in [6.07, 6.45) is 3.47. The minimum absolute atomic E-state index is 0.0796. The molecule has 1 aliphatic carbocycles. The topological polar surface area (TPSA) is 49.7 Å². The highest BCUT2D eigenvalue weighted by molar-refractivity contribution is 6.70. The monoisotopic (exact) mass is 337 g/mol. The molecule has 1 aromatic heterocycles. The predicted molar refractivity (Wildman–Crippen MR) is 91.3 cm³/mol. The standard InChI is InChI=1S/C17H27NO4Si/c1-12(2)20-14-15(19)17(22-23(5,6)7,16(14)21-13(3)4)18-10-8-9-11-18/h8-13H,1-7H3. The van der Waals surface area contributed by atoms with Crippen molar-refractivity contribution in [3.05, 3.63) is 36.0 Å². The second kappa shape index (κ2) is 6.17. The number of carbonyl (C=O) groups excluding carboxylic acids is 1. The van der Waals surface area contributed by atoms with Crippen LogP contribution in [0.2, 0.25) is 19.6 Å². The third-order valence-corrected chi connectivity index (χ3v) is 4.06. The first kappa shape index (κ1) is 17.8. The van der Waals surface area contributed by atoms with Gasteiger partial charge < -0.3 is 18.5 Å². The number of carbonyl (C=O) groups is 1. The zero-order valence-corrected chi connectivity index (χ0v) is 16.0. The normalized spacial score (nSPS) is 21.9. The molecule has 0 fully saturated rings. The van der Waals surface area contributed by atoms with Crippen molar-refractivity contribution in [2.45, 2.75) is 65.3 Å². The van der Waals surface area contributed by atoms with E-state index in [1.54, 1.807) is 4.57 Å². The van der Waals surface area contributed by atoms with E-state index in [1.165, 1.54) is 0 Å². The van der Waals surface area contributed by atoms with Gasteiger partial charge in [-0.2, -0.15) is 0 Å². The second-order valence-electron chi connectivity index (χ2n) is 7.27. The van der Waals surface area contributed by atoms with Gasteiger partial charge in [0.05, 0.1) is 12.2 Å². The van der Waals surface area contributed by atoms with Crippen molar-refractivity contribution in [1.29, 1.82) is 0 Å². The van der Waals surface area contributed by atoms with E-state index in [0.717, 1.165) is 0 Å². The Labute approximate surface area is 139 Å². The van der Waals surface area contributed by atoms with E-state index >= 15 is 0 Å². The molecular weight excluding hydrogens is 310 g/mol. The van der Waals surface area contributed by atoms with Crippen LogP contribution in [0.25, 0.3) is 0 Å². The number of ether oxygens (including phenoxy) is 2. The van der Waals surface area contributed by atoms with Crippen LogP contribution >= 0.6 is 0 Å². The summed E-state index contributed by atoms with van der Waals surface area (Å²) in [6.45, 7) is 13.8. The fourth-order valence-corrected chi connectivity index (χ4v) is 3.71. The molecule has 0 radical (unpaired) electrons. The molecule has 1 aromatic rings. The van der Waals surface area contributed by atoms with E-state index < -0.39 is 14.0 Å². The van der Waals surface area contributed by atoms with Gasteiger partial charge in [-0.25, -0.2) is 0 Å². The van der Waals surface area contributed by atoms with Crippen molar-refractivity contribution in [1.82, 2.24) is 4.57 Å². The van der Waals surface area contributed by atoms with E-state index in [4.69, 9.17) is 13.9 Å². The molecule has 0 spiro atoms. The van der Waals surface area contributed by atoms with Crippen molar-refractivity contribution >= 4 is 14.1 Å². The van der Waals surface area contributed by atoms with Crippen LogP contribution in [0.1, 0.15) is 27.7 Å². The highest BCUT2D eigenvalue weighted by Crippen LogP contribution is 2.46. The molecule has 6 heteroatoms. The minimum Gasteiger partial charge on any atom is -0.486 e. The number of rotatable bonds is 7. The van der Waals surface area contributed by atoms with E-state index in [1.807, 2.05) is 52.2 Å². The van der Waals surface area contributed by atoms with Crippen LogP contribution in [-0.2, 0) is 24.4 Å². The fourth-order valence-electron chi connectivity index (χ4n) is 2.53. The molecule has 0 bridgehead atoms. The maximum Gasteiger partial charge on any atom is 0.266 e. The number of ketones is 1. The number of hydrogen-bond acceptors (Lipinski definition) is 4. The van der Waals surface area contributed by atoms with Gasteiger partial charge in [0, 0.05) is 12.4 Å². The van der Waals surface area contributed by atoms with Crippen LogP contribution < -0.4 is 0 Å². The van der Waals surface area contributed by atoms with E-state index in [9.17, 15) is 4.79 Å². The van der Waals surface area contributed by atoms with E-state index in [0.29, 0.717) is 5.76 Å². The van der Waals surface area contributed by atoms with Gasteiger partial charge in [0.1, 0.15) is 0 Å². The van der Waals surface area contributed by atoms with Gasteiger partial charge in [-0.3, -0.25) is 4.79 Å². The van der Waals surface area contributed by atoms with Crippen LogP contribution in [-0.4, -0.2) is 30.9 Å². The third-order valence-electron chi connectivity index (χ3n) is 3.16. The Morgan fingerprint density at radius 2 is 1.52 bits per heavy atom. The molecule has 0 aliphatic heterocycles. The Morgan fingerprint density at radius 3 is 1.96 bits per heavy atom. The van der Waals surface area contributed by atoms with Crippen LogP contribution in [0.4, 0.5) is 0 Å². The van der Waals surface area contributed by atoms with Gasteiger partial charge in [0.25, 0.3) is 11.5 Å². The van der Waals surface area contributed by atoms with Gasteiger partial charge in [0.15, 0.2) is 8.32 Å². The Kier molecular flexibility index (Phi) is 4.78. The van der Waals surface area contributed by atoms with Crippen molar-refractivity contribution in [2.75, 3.05) is 0 Å². The van der Waals surface area contributed by atoms with Crippen molar-refractivity contribution < 1.29 is 18.7 Å². The van der Waals surface area contributed by atoms with Crippen molar-refractivity contribution in [3.63, 3.8) is 0 Å². The lowest BCUT2D eigenvalue weighted by Crippen LogP contribution is -2.60. The van der Waals surface area contributed by atoms with Crippen LogP contribution in [0, 0.1) is 0 Å². The molecule has 128 valence electrons. The average Bonchev–Trinajstić information content (AvgIpc) is 2.92. The number of hydrogen-bond donors (Lipinski definition) is 0. The first-order valence-corrected chi connectivity index (χ1v) is 11.4. The summed E-state index contributed by atoms with van der Waals surface area (Å²) in [6, 6.07) is 3.74. The van der Waals surface area contributed by atoms with Crippen molar-refractivity contribution in [2.24, 2.45) is 0 Å². The van der Waals surface area contributed by atoms with Gasteiger partial charge >= 0.3 is 0 Å². The molecule has 23 heavy (non-hydrogen) atoms. The molecular formula is C17H27NO4Si. The molecule has 1 heterocycles. The summed E-state index contributed by atoms with van der Waals surface area (Å²) >= 11 is 0. The average molecular weight is 337 g/mol. The molecule has 1 unspecified atom stereocenters. The van der Waals surface area contributed by atoms with Crippen LogP contribution in [0.3, 0.4) is 0 Å². The summed E-state index contributed by atoms with van der Waals surface area (Å²) in [4.78, 5) is 13.0. The summed E-state index contributed by atoms with van der Waals surface area (Å²) in [5.74, 6) is 0.575. The van der Waals surface area contributed by atoms with Gasteiger partial charge in [0.2, 0.25) is 11.5 Å². The van der Waals surface area contributed by atoms with Gasteiger partial charge in [-0.05, 0) is 59.5 Å². The smallest absolute Gasteiger partial charge is 0.266 e. The molecule has 1 atom stereocenters. The quantitative estimate of drug-likeness (QED) is 0.713. The lowest BCUT2D eigenvalue weighted by atomic mass is 9.90. The Balaban J connectivity index is 2.56. The van der Waals surface area contributed by atoms with Gasteiger partial charge in [-0.1, -0.05) is 0 Å².